The molecule has 0 saturated heterocycles. The molecule has 0 fully saturated rings. The van der Waals surface area contributed by atoms with Crippen molar-refractivity contribution in [3.8, 4) is 5.69 Å². The molecule has 6 nitrogen and oxygen atoms in total. The normalized spacial score (nSPS) is 11.5. The van der Waals surface area contributed by atoms with Gasteiger partial charge in [0.25, 0.3) is 0 Å². The second kappa shape index (κ2) is 5.92. The van der Waals surface area contributed by atoms with Crippen molar-refractivity contribution in [1.29, 1.82) is 0 Å². The van der Waals surface area contributed by atoms with E-state index in [-0.39, 0.29) is 10.5 Å². The van der Waals surface area contributed by atoms with Gasteiger partial charge in [0.15, 0.2) is 9.84 Å². The number of ether oxygens (including phenoxy) is 1. The molecule has 0 N–H and O–H groups in total. The van der Waals surface area contributed by atoms with Gasteiger partial charge in [-0.15, -0.1) is 0 Å². The predicted molar refractivity (Wildman–Crippen MR) is 82.1 cm³/mol. The highest BCUT2D eigenvalue weighted by molar-refractivity contribution is 7.90. The van der Waals surface area contributed by atoms with E-state index in [0.717, 1.165) is 17.5 Å². The average Bonchev–Trinajstić information content (AvgIpc) is 2.90. The Morgan fingerprint density at radius 2 is 2.05 bits per heavy atom. The highest BCUT2D eigenvalue weighted by Gasteiger charge is 2.21. The van der Waals surface area contributed by atoms with Crippen LogP contribution in [0.4, 0.5) is 0 Å². The summed E-state index contributed by atoms with van der Waals surface area (Å²) in [5, 5.41) is 0. The number of carbonyl (C=O) groups is 1. The van der Waals surface area contributed by atoms with Crippen molar-refractivity contribution >= 4 is 15.8 Å². The van der Waals surface area contributed by atoms with Gasteiger partial charge in [0.05, 0.1) is 35.3 Å². The van der Waals surface area contributed by atoms with Crippen molar-refractivity contribution in [3.63, 3.8) is 0 Å². The lowest BCUT2D eigenvalue weighted by molar-refractivity contribution is 0.0599. The minimum Gasteiger partial charge on any atom is -0.465 e. The number of methoxy groups -OCH3 is 1. The molecule has 0 spiro atoms. The largest absolute Gasteiger partial charge is 0.465 e. The van der Waals surface area contributed by atoms with Crippen LogP contribution in [0.15, 0.2) is 29.6 Å². The summed E-state index contributed by atoms with van der Waals surface area (Å²) in [4.78, 5) is 16.1. The number of aryl methyl sites for hydroxylation is 2. The van der Waals surface area contributed by atoms with E-state index < -0.39 is 15.8 Å². The third-order valence-electron chi connectivity index (χ3n) is 3.36. The molecule has 0 unspecified atom stereocenters. The van der Waals surface area contributed by atoms with Gasteiger partial charge in [-0.05, 0) is 31.0 Å². The lowest BCUT2D eigenvalue weighted by Crippen LogP contribution is -2.11. The van der Waals surface area contributed by atoms with E-state index in [1.807, 2.05) is 13.8 Å². The van der Waals surface area contributed by atoms with Crippen LogP contribution in [-0.4, -0.2) is 37.3 Å². The molecule has 0 bridgehead atoms. The van der Waals surface area contributed by atoms with Crippen LogP contribution >= 0.6 is 0 Å². The maximum Gasteiger partial charge on any atom is 0.338 e. The fourth-order valence-corrected chi connectivity index (χ4v) is 3.13. The van der Waals surface area contributed by atoms with E-state index in [1.165, 1.54) is 13.2 Å². The summed E-state index contributed by atoms with van der Waals surface area (Å²) in [5.41, 5.74) is 2.24. The molecule has 0 amide bonds. The van der Waals surface area contributed by atoms with Crippen molar-refractivity contribution in [3.05, 3.63) is 41.5 Å². The van der Waals surface area contributed by atoms with Gasteiger partial charge in [0, 0.05) is 12.5 Å². The van der Waals surface area contributed by atoms with Crippen LogP contribution in [0.3, 0.4) is 0 Å². The quantitative estimate of drug-likeness (QED) is 0.804. The molecule has 2 rings (SSSR count). The van der Waals surface area contributed by atoms with Gasteiger partial charge in [-0.1, -0.05) is 6.92 Å². The maximum absolute atomic E-state index is 12.1. The third-order valence-corrected chi connectivity index (χ3v) is 4.49. The number of carbonyl (C=O) groups excluding carboxylic acids is 1. The molecule has 118 valence electrons. The number of benzene rings is 1. The minimum absolute atomic E-state index is 0.0718. The predicted octanol–water partition coefficient (Wildman–Crippen LogP) is 1.93. The number of hydrogen-bond acceptors (Lipinski definition) is 5. The lowest BCUT2D eigenvalue weighted by Gasteiger charge is -2.14. The molecule has 0 aliphatic heterocycles. The van der Waals surface area contributed by atoms with Gasteiger partial charge in [-0.2, -0.15) is 0 Å². The Morgan fingerprint density at radius 1 is 1.36 bits per heavy atom. The number of aromatic nitrogens is 2. The molecule has 1 heterocycles. The van der Waals surface area contributed by atoms with Crippen LogP contribution in [0.2, 0.25) is 0 Å². The number of nitrogens with zero attached hydrogens (tertiary/aromatic N) is 2. The minimum atomic E-state index is -3.52. The molecule has 0 radical (unpaired) electrons. The van der Waals surface area contributed by atoms with Crippen molar-refractivity contribution < 1.29 is 17.9 Å². The smallest absolute Gasteiger partial charge is 0.338 e. The number of imidazole rings is 1. The molecule has 0 aliphatic carbocycles. The van der Waals surface area contributed by atoms with E-state index in [2.05, 4.69) is 4.98 Å². The van der Waals surface area contributed by atoms with Gasteiger partial charge in [0.1, 0.15) is 0 Å². The van der Waals surface area contributed by atoms with Gasteiger partial charge < -0.3 is 9.30 Å². The first kappa shape index (κ1) is 16.2. The zero-order valence-electron chi connectivity index (χ0n) is 13.0. The van der Waals surface area contributed by atoms with Crippen molar-refractivity contribution in [1.82, 2.24) is 9.55 Å². The van der Waals surface area contributed by atoms with E-state index in [0.29, 0.717) is 12.1 Å². The van der Waals surface area contributed by atoms with E-state index in [4.69, 9.17) is 4.74 Å². The zero-order valence-corrected chi connectivity index (χ0v) is 13.8. The lowest BCUT2D eigenvalue weighted by atomic mass is 10.0. The second-order valence-electron chi connectivity index (χ2n) is 5.02. The molecular formula is C15H18N2O4S. The molecular weight excluding hydrogens is 304 g/mol. The third kappa shape index (κ3) is 3.04. The van der Waals surface area contributed by atoms with Gasteiger partial charge in [0.2, 0.25) is 0 Å². The fourth-order valence-electron chi connectivity index (χ4n) is 2.26. The molecule has 22 heavy (non-hydrogen) atoms. The summed E-state index contributed by atoms with van der Waals surface area (Å²) in [6.07, 6.45) is 4.98. The fraction of sp³-hybridized carbons (Fsp3) is 0.333. The van der Waals surface area contributed by atoms with Crippen LogP contribution in [0.25, 0.3) is 5.69 Å². The van der Waals surface area contributed by atoms with Crippen molar-refractivity contribution in [2.75, 3.05) is 13.4 Å². The summed E-state index contributed by atoms with van der Waals surface area (Å²) in [5.74, 6) is -0.546. The Balaban J connectivity index is 2.80. The first-order valence-electron chi connectivity index (χ1n) is 6.74. The number of rotatable bonds is 4. The van der Waals surface area contributed by atoms with Crippen LogP contribution in [-0.2, 0) is 21.0 Å². The molecule has 0 saturated carbocycles. The molecule has 0 atom stereocenters. The first-order valence-corrected chi connectivity index (χ1v) is 8.63. The summed E-state index contributed by atoms with van der Waals surface area (Å²) < 4.78 is 30.6. The van der Waals surface area contributed by atoms with Crippen LogP contribution in [0.5, 0.6) is 0 Å². The Labute approximate surface area is 129 Å². The second-order valence-corrected chi connectivity index (χ2v) is 7.00. The van der Waals surface area contributed by atoms with Gasteiger partial charge >= 0.3 is 5.97 Å². The summed E-state index contributed by atoms with van der Waals surface area (Å²) in [7, 11) is -2.25. The van der Waals surface area contributed by atoms with Crippen molar-refractivity contribution in [2.45, 2.75) is 25.2 Å². The van der Waals surface area contributed by atoms with E-state index >= 15 is 0 Å². The molecule has 7 heteroatoms. The van der Waals surface area contributed by atoms with E-state index in [9.17, 15) is 13.2 Å². The summed E-state index contributed by atoms with van der Waals surface area (Å²) in [6.45, 7) is 3.71. The molecule has 2 aromatic rings. The zero-order chi connectivity index (χ0) is 16.5. The van der Waals surface area contributed by atoms with E-state index in [1.54, 1.807) is 23.2 Å². The number of hydrogen-bond donors (Lipinski definition) is 0. The van der Waals surface area contributed by atoms with Gasteiger partial charge in [-0.3, -0.25) is 0 Å². The highest BCUT2D eigenvalue weighted by atomic mass is 32.2. The average molecular weight is 322 g/mol. The highest BCUT2D eigenvalue weighted by Crippen LogP contribution is 2.26. The molecule has 0 aliphatic rings. The topological polar surface area (TPSA) is 78.3 Å². The Bertz CT molecular complexity index is 822. The summed E-state index contributed by atoms with van der Waals surface area (Å²) >= 11 is 0. The first-order chi connectivity index (χ1) is 10.3. The summed E-state index contributed by atoms with van der Waals surface area (Å²) in [6, 6.07) is 3.08. The Hall–Kier alpha value is -2.15. The van der Waals surface area contributed by atoms with Crippen molar-refractivity contribution in [2.24, 2.45) is 0 Å². The van der Waals surface area contributed by atoms with Crippen LogP contribution in [0.1, 0.15) is 28.5 Å². The van der Waals surface area contributed by atoms with Crippen LogP contribution < -0.4 is 0 Å². The SMILES string of the molecule is CCc1cc(-n2cnc(C)c2)c(S(C)(=O)=O)cc1C(=O)OC. The van der Waals surface area contributed by atoms with Gasteiger partial charge in [-0.25, -0.2) is 18.2 Å². The monoisotopic (exact) mass is 322 g/mol. The maximum atomic E-state index is 12.1. The molecule has 1 aromatic heterocycles. The number of esters is 1. The Morgan fingerprint density at radius 3 is 2.50 bits per heavy atom. The number of sulfone groups is 1. The molecule has 1 aromatic carbocycles. The van der Waals surface area contributed by atoms with Crippen LogP contribution in [0, 0.1) is 6.92 Å². The Kier molecular flexibility index (Phi) is 4.37. The standard InChI is InChI=1S/C15H18N2O4S/c1-5-11-6-13(17-8-10(2)16-9-17)14(22(4,19)20)7-12(11)15(18)21-3/h6-9H,5H2,1-4H3.